The molecule has 390 valence electrons. The normalized spacial score (nSPS) is 18.9. The van der Waals surface area contributed by atoms with Gasteiger partial charge in [-0.3, -0.25) is 0 Å². The van der Waals surface area contributed by atoms with Crippen molar-refractivity contribution in [3.05, 3.63) is 216 Å². The first-order chi connectivity index (χ1) is 42.8. The van der Waals surface area contributed by atoms with Gasteiger partial charge in [-0.05, 0) is 0 Å². The molecule has 0 saturated carbocycles. The van der Waals surface area contributed by atoms with Gasteiger partial charge in [-0.15, -0.1) is 0 Å². The number of para-hydroxylation sites is 8. The number of hydrogen-bond donors (Lipinski definition) is 0. The third-order valence-corrected chi connectivity index (χ3v) is 20.4. The second-order valence-corrected chi connectivity index (χ2v) is 24.9. The zero-order chi connectivity index (χ0) is 62.8. The molecule has 6 aliphatic heterocycles. The van der Waals surface area contributed by atoms with E-state index < -0.39 is 63.2 Å². The molecule has 10 nitrogen and oxygen atoms in total. The van der Waals surface area contributed by atoms with Gasteiger partial charge >= 0.3 is 492 Å². The van der Waals surface area contributed by atoms with Crippen LogP contribution in [-0.4, -0.2) is 44.5 Å². The van der Waals surface area contributed by atoms with Crippen LogP contribution in [0.1, 0.15) is 38.7 Å². The molecule has 0 spiro atoms. The molecular formula is C66H52N10Pt2-4. The number of aryl methyl sites for hydroxylation is 4. The Labute approximate surface area is 489 Å². The third kappa shape index (κ3) is 7.15. The van der Waals surface area contributed by atoms with E-state index in [0.717, 1.165) is 22.3 Å². The molecule has 0 saturated heterocycles. The third-order valence-electron chi connectivity index (χ3n) is 14.3. The second-order valence-electron chi connectivity index (χ2n) is 19.7. The molecule has 78 heavy (non-hydrogen) atoms. The fraction of sp³-hybridized carbons (Fsp3) is 0.121. The Morgan fingerprint density at radius 1 is 0.282 bits per heavy atom. The number of hydrogen-bond acceptors (Lipinski definition) is 10. The van der Waals surface area contributed by atoms with Crippen LogP contribution in [0.15, 0.2) is 170 Å². The van der Waals surface area contributed by atoms with Crippen LogP contribution in [0.5, 0.6) is 0 Å². The van der Waals surface area contributed by atoms with Gasteiger partial charge in [-0.25, -0.2) is 0 Å². The molecule has 6 heterocycles. The molecule has 8 bridgehead atoms. The molecule has 0 amide bonds. The first-order valence-corrected chi connectivity index (χ1v) is 29.6. The molecule has 15 rings (SSSR count). The van der Waals surface area contributed by atoms with Crippen molar-refractivity contribution in [1.82, 2.24) is 0 Å². The van der Waals surface area contributed by atoms with Crippen molar-refractivity contribution in [3.8, 4) is 0 Å². The monoisotopic (exact) mass is 1390 g/mol. The van der Waals surface area contributed by atoms with E-state index in [1.807, 2.05) is 193 Å². The van der Waals surface area contributed by atoms with Crippen LogP contribution in [0.2, 0.25) is 0 Å². The van der Waals surface area contributed by atoms with E-state index in [1.165, 1.54) is 19.6 Å². The summed E-state index contributed by atoms with van der Waals surface area (Å²) in [7, 11) is 0. The van der Waals surface area contributed by atoms with Gasteiger partial charge in [0.05, 0.1) is 0 Å². The van der Waals surface area contributed by atoms with Gasteiger partial charge in [0, 0.05) is 0 Å². The van der Waals surface area contributed by atoms with Gasteiger partial charge in [-0.2, -0.15) is 0 Å². The van der Waals surface area contributed by atoms with Crippen LogP contribution >= 0.6 is 0 Å². The topological polar surface area (TPSA) is 32.4 Å². The SMILES string of the molecule is [2H]C([2H])([2H])N1[C]2=[Pt]=[C]3N(c4[c-]c(cc(C)c4)N(c4ccc(N5c6[c-]c(cc(C)c6)N6[C](=[Pt]=[C]7N(c8[c-]c5cc(C)c8)c5ccccc5N7C([2H])([2H])[2H])N(C([2H])([2H])[2H])c5ccccc56)cc4)c4[c-]c(cc(C)c4)N2c2ccccc21)c1ccccc1N3C([2H])([2H])[2H]. The van der Waals surface area contributed by atoms with Gasteiger partial charge in [0.1, 0.15) is 0 Å². The molecule has 9 aromatic rings. The van der Waals surface area contributed by atoms with Crippen molar-refractivity contribution in [2.75, 3.05) is 76.9 Å². The molecule has 0 aliphatic carbocycles. The summed E-state index contributed by atoms with van der Waals surface area (Å²) in [6, 6.07) is 68.5. The Hall–Kier alpha value is -8.16. The van der Waals surface area contributed by atoms with Gasteiger partial charge < -0.3 is 0 Å². The quantitative estimate of drug-likeness (QED) is 0.156. The van der Waals surface area contributed by atoms with E-state index >= 15 is 0 Å². The molecule has 0 unspecified atom stereocenters. The number of fused-ring (bicyclic) bond motifs is 24. The molecule has 0 N–H and O–H groups in total. The summed E-state index contributed by atoms with van der Waals surface area (Å²) < 4.78 is 111. The van der Waals surface area contributed by atoms with Gasteiger partial charge in [-0.1, -0.05) is 0 Å². The summed E-state index contributed by atoms with van der Waals surface area (Å²) in [6.07, 6.45) is 0. The van der Waals surface area contributed by atoms with E-state index in [4.69, 9.17) is 16.4 Å². The van der Waals surface area contributed by atoms with Crippen molar-refractivity contribution < 1.29 is 51.7 Å². The molecule has 9 aromatic carbocycles. The predicted molar refractivity (Wildman–Crippen MR) is 318 cm³/mol. The Balaban J connectivity index is 0.960. The maximum atomic E-state index is 9.10. The van der Waals surface area contributed by atoms with E-state index in [9.17, 15) is 0 Å². The van der Waals surface area contributed by atoms with E-state index in [1.54, 1.807) is 24.3 Å². The maximum absolute atomic E-state index is 9.10. The Morgan fingerprint density at radius 2 is 0.487 bits per heavy atom. The Morgan fingerprint density at radius 3 is 0.705 bits per heavy atom. The predicted octanol–water partition coefficient (Wildman–Crippen LogP) is 14.0. The van der Waals surface area contributed by atoms with Gasteiger partial charge in [0.15, 0.2) is 0 Å². The van der Waals surface area contributed by atoms with Crippen LogP contribution in [0.25, 0.3) is 0 Å². The van der Waals surface area contributed by atoms with Crippen LogP contribution in [-0.2, 0) is 35.3 Å². The van der Waals surface area contributed by atoms with Crippen LogP contribution in [0, 0.1) is 52.0 Å². The van der Waals surface area contributed by atoms with Crippen molar-refractivity contribution in [2.45, 2.75) is 27.7 Å². The summed E-state index contributed by atoms with van der Waals surface area (Å²) >= 11 is -3.42. The molecule has 0 aromatic heterocycles. The van der Waals surface area contributed by atoms with Crippen molar-refractivity contribution in [2.24, 2.45) is 0 Å². The minimum atomic E-state index is -2.67. The zero-order valence-corrected chi connectivity index (χ0v) is 46.8. The van der Waals surface area contributed by atoms with E-state index in [2.05, 4.69) is 34.1 Å². The molecule has 0 radical (unpaired) electrons. The van der Waals surface area contributed by atoms with Crippen LogP contribution < -0.4 is 49.0 Å². The standard InChI is InChI=1S/C66H52N10.2Pt/c1-45-29-51(71-41-67(5)59-17-9-13-21-63(59)71)37-55(33-45)75(56-34-46(2)30-52(38-56)72-42-68(6)60-18-10-14-22-64(60)72)49-25-27-50(28-26-49)76(57-35-47(3)31-53(39-57)73-43-69(7)61-19-11-15-23-65(61)73)58-36-48(4)32-54(40-58)74-44-70(8)62-20-12-16-24-66(62)74;;/h9-36H,1-8H3;;/q-4;;/i5D3,6D3,7D3,8D3;;. The average Bonchev–Trinajstić information content (AvgIpc) is 1.56. The van der Waals surface area contributed by atoms with Crippen molar-refractivity contribution in [1.29, 1.82) is 0 Å². The minimum absolute atomic E-state index is 0.422. The van der Waals surface area contributed by atoms with Gasteiger partial charge in [0.25, 0.3) is 0 Å². The van der Waals surface area contributed by atoms with Gasteiger partial charge in [0.2, 0.25) is 0 Å². The first-order valence-electron chi connectivity index (χ1n) is 31.1. The summed E-state index contributed by atoms with van der Waals surface area (Å²) in [4.78, 5) is 17.4. The van der Waals surface area contributed by atoms with E-state index in [-0.39, 0.29) is 0 Å². The van der Waals surface area contributed by atoms with Crippen molar-refractivity contribution >= 4 is 119 Å². The average molecular weight is 1390 g/mol. The molecular weight excluding hydrogens is 1320 g/mol. The Bertz CT molecular complexity index is 4130. The van der Waals surface area contributed by atoms with Crippen LogP contribution in [0.4, 0.5) is 102 Å². The number of nitrogens with zero attached hydrogens (tertiary/aromatic N) is 10. The fourth-order valence-electron chi connectivity index (χ4n) is 11.0. The molecule has 0 fully saturated rings. The van der Waals surface area contributed by atoms with Crippen molar-refractivity contribution in [3.63, 3.8) is 0 Å². The summed E-state index contributed by atoms with van der Waals surface area (Å²) in [5.41, 5.74) is 13.8. The fourth-order valence-corrected chi connectivity index (χ4v) is 17.3. The zero-order valence-electron chi connectivity index (χ0n) is 54.3. The van der Waals surface area contributed by atoms with E-state index in [0.29, 0.717) is 119 Å². The summed E-state index contributed by atoms with van der Waals surface area (Å²) in [5, 5.41) is 0. The number of benzene rings is 9. The summed E-state index contributed by atoms with van der Waals surface area (Å²) in [5.74, 6) is 0. The molecule has 12 heteroatoms. The number of anilines is 18. The second kappa shape index (κ2) is 17.7. The molecule has 6 aliphatic rings. The molecule has 0 atom stereocenters. The number of rotatable bonds is 2. The summed E-state index contributed by atoms with van der Waals surface area (Å²) in [6.45, 7) is -2.75. The Kier molecular flexibility index (Phi) is 8.17. The van der Waals surface area contributed by atoms with Crippen LogP contribution in [0.3, 0.4) is 0 Å². The first kappa shape index (κ1) is 36.0.